The first-order valence-corrected chi connectivity index (χ1v) is 13.3. The number of hydrogen-bond acceptors (Lipinski definition) is 6. The van der Waals surface area contributed by atoms with Gasteiger partial charge in [-0.2, -0.15) is 4.98 Å². The van der Waals surface area contributed by atoms with Gasteiger partial charge < -0.3 is 10.6 Å². The lowest BCUT2D eigenvalue weighted by Crippen LogP contribution is -2.46. The molecule has 2 N–H and O–H groups in total. The molecule has 0 unspecified atom stereocenters. The Morgan fingerprint density at radius 3 is 2.21 bits per heavy atom. The predicted octanol–water partition coefficient (Wildman–Crippen LogP) is 5.75. The Balaban J connectivity index is 1.32. The van der Waals surface area contributed by atoms with Gasteiger partial charge >= 0.3 is 0 Å². The monoisotopic (exact) mass is 543 g/mol. The van der Waals surface area contributed by atoms with Crippen molar-refractivity contribution in [1.82, 2.24) is 24.6 Å². The van der Waals surface area contributed by atoms with Gasteiger partial charge in [0, 0.05) is 48.3 Å². The second-order valence-electron chi connectivity index (χ2n) is 9.50. The summed E-state index contributed by atoms with van der Waals surface area (Å²) in [6, 6.07) is 25.9. The molecule has 1 saturated heterocycles. The number of benzene rings is 3. The van der Waals surface area contributed by atoms with Crippen LogP contribution < -0.4 is 10.6 Å². The zero-order chi connectivity index (χ0) is 26.1. The zero-order valence-corrected chi connectivity index (χ0v) is 22.3. The van der Waals surface area contributed by atoms with Gasteiger partial charge in [0.2, 0.25) is 5.95 Å². The Morgan fingerprint density at radius 1 is 0.737 bits per heavy atom. The van der Waals surface area contributed by atoms with Crippen LogP contribution in [-0.2, 0) is 13.1 Å². The fourth-order valence-electron chi connectivity index (χ4n) is 4.86. The van der Waals surface area contributed by atoms with Crippen molar-refractivity contribution in [2.24, 2.45) is 0 Å². The number of halogens is 2. The predicted molar refractivity (Wildman–Crippen MR) is 155 cm³/mol. The number of nitrogens with two attached hydrogens (primary N) is 1. The standard InChI is InChI=1S/C29H27Cl2N7/c30-23-11-9-21(10-12-23)18-36-13-15-37(16-14-36)29-33-26(22-7-4-8-24(31)17-22)25-27(32)38(35-28(25)34-29)19-20-5-2-1-3-6-20/h1-12,17H,13-16,18-19,32H2. The summed E-state index contributed by atoms with van der Waals surface area (Å²) >= 11 is 12.4. The number of fused-ring (bicyclic) bond motifs is 1. The summed E-state index contributed by atoms with van der Waals surface area (Å²) in [5.74, 6) is 1.20. The fourth-order valence-corrected chi connectivity index (χ4v) is 5.18. The molecule has 192 valence electrons. The van der Waals surface area contributed by atoms with Crippen molar-refractivity contribution in [1.29, 1.82) is 0 Å². The summed E-state index contributed by atoms with van der Waals surface area (Å²) in [7, 11) is 0. The van der Waals surface area contributed by atoms with Crippen molar-refractivity contribution in [3.05, 3.63) is 100 Å². The van der Waals surface area contributed by atoms with Crippen molar-refractivity contribution in [2.75, 3.05) is 36.8 Å². The topological polar surface area (TPSA) is 76.1 Å². The maximum absolute atomic E-state index is 6.65. The molecule has 1 aliphatic heterocycles. The van der Waals surface area contributed by atoms with Gasteiger partial charge in [0.25, 0.3) is 0 Å². The maximum Gasteiger partial charge on any atom is 0.228 e. The number of anilines is 2. The van der Waals surface area contributed by atoms with E-state index in [0.29, 0.717) is 29.0 Å². The summed E-state index contributed by atoms with van der Waals surface area (Å²) < 4.78 is 1.80. The summed E-state index contributed by atoms with van der Waals surface area (Å²) in [5, 5.41) is 6.95. The largest absolute Gasteiger partial charge is 0.383 e. The van der Waals surface area contributed by atoms with Crippen molar-refractivity contribution in [3.63, 3.8) is 0 Å². The first-order valence-electron chi connectivity index (χ1n) is 12.6. The maximum atomic E-state index is 6.65. The highest BCUT2D eigenvalue weighted by Gasteiger charge is 2.24. The molecule has 3 aromatic carbocycles. The Bertz CT molecular complexity index is 1560. The summed E-state index contributed by atoms with van der Waals surface area (Å²) in [6.45, 7) is 4.88. The molecule has 7 nitrogen and oxygen atoms in total. The lowest BCUT2D eigenvalue weighted by atomic mass is 10.1. The summed E-state index contributed by atoms with van der Waals surface area (Å²) in [6.07, 6.45) is 0. The number of aromatic nitrogens is 4. The molecular formula is C29H27Cl2N7. The number of rotatable bonds is 6. The van der Waals surface area contributed by atoms with Crippen LogP contribution in [0.3, 0.4) is 0 Å². The van der Waals surface area contributed by atoms with Crippen LogP contribution in [0.2, 0.25) is 10.0 Å². The van der Waals surface area contributed by atoms with Crippen molar-refractivity contribution < 1.29 is 0 Å². The zero-order valence-electron chi connectivity index (χ0n) is 20.8. The fraction of sp³-hybridized carbons (Fsp3) is 0.207. The van der Waals surface area contributed by atoms with Crippen LogP contribution in [-0.4, -0.2) is 50.8 Å². The average molecular weight is 544 g/mol. The molecule has 2 aromatic heterocycles. The van der Waals surface area contributed by atoms with E-state index in [2.05, 4.69) is 34.1 Å². The van der Waals surface area contributed by atoms with E-state index >= 15 is 0 Å². The van der Waals surface area contributed by atoms with Gasteiger partial charge in [0.15, 0.2) is 5.65 Å². The molecule has 9 heteroatoms. The van der Waals surface area contributed by atoms with E-state index in [1.165, 1.54) is 5.56 Å². The van der Waals surface area contributed by atoms with Gasteiger partial charge in [0.1, 0.15) is 5.82 Å². The van der Waals surface area contributed by atoms with Gasteiger partial charge in [-0.1, -0.05) is 77.8 Å². The lowest BCUT2D eigenvalue weighted by Gasteiger charge is -2.34. The molecule has 1 aliphatic rings. The van der Waals surface area contributed by atoms with Crippen LogP contribution in [0.4, 0.5) is 11.8 Å². The average Bonchev–Trinajstić information content (AvgIpc) is 3.25. The van der Waals surface area contributed by atoms with E-state index in [-0.39, 0.29) is 0 Å². The number of piperazine rings is 1. The van der Waals surface area contributed by atoms with E-state index in [0.717, 1.165) is 60.0 Å². The smallest absolute Gasteiger partial charge is 0.228 e. The minimum Gasteiger partial charge on any atom is -0.383 e. The minimum atomic E-state index is 0.540. The van der Waals surface area contributed by atoms with E-state index in [4.69, 9.17) is 44.0 Å². The first kappa shape index (κ1) is 24.7. The third-order valence-electron chi connectivity index (χ3n) is 6.88. The van der Waals surface area contributed by atoms with Crippen LogP contribution >= 0.6 is 23.2 Å². The van der Waals surface area contributed by atoms with Crippen molar-refractivity contribution in [3.8, 4) is 11.3 Å². The van der Waals surface area contributed by atoms with Crippen molar-refractivity contribution in [2.45, 2.75) is 13.1 Å². The third kappa shape index (κ3) is 5.18. The highest BCUT2D eigenvalue weighted by atomic mass is 35.5. The number of hydrogen-bond donors (Lipinski definition) is 1. The van der Waals surface area contributed by atoms with Crippen LogP contribution in [0.25, 0.3) is 22.3 Å². The molecule has 0 saturated carbocycles. The molecule has 0 radical (unpaired) electrons. The second kappa shape index (κ2) is 10.6. The van der Waals surface area contributed by atoms with Gasteiger partial charge in [0.05, 0.1) is 17.6 Å². The third-order valence-corrected chi connectivity index (χ3v) is 7.36. The molecule has 6 rings (SSSR count). The lowest BCUT2D eigenvalue weighted by molar-refractivity contribution is 0.249. The first-order chi connectivity index (χ1) is 18.5. The van der Waals surface area contributed by atoms with Crippen LogP contribution in [0, 0.1) is 0 Å². The molecule has 3 heterocycles. The van der Waals surface area contributed by atoms with Crippen molar-refractivity contribution >= 4 is 46.0 Å². The van der Waals surface area contributed by atoms with Crippen LogP contribution in [0.1, 0.15) is 11.1 Å². The SMILES string of the molecule is Nc1c2c(-c3cccc(Cl)c3)nc(N3CCN(Cc4ccc(Cl)cc4)CC3)nc2nn1Cc1ccccc1. The van der Waals surface area contributed by atoms with Gasteiger partial charge in [-0.25, -0.2) is 9.67 Å². The molecule has 38 heavy (non-hydrogen) atoms. The highest BCUT2D eigenvalue weighted by Crippen LogP contribution is 2.33. The normalized spacial score (nSPS) is 14.3. The Hall–Kier alpha value is -3.65. The molecule has 0 spiro atoms. The molecule has 0 amide bonds. The van der Waals surface area contributed by atoms with Gasteiger partial charge in [-0.05, 0) is 35.4 Å². The quantitative estimate of drug-likeness (QED) is 0.293. The number of nitrogens with zero attached hydrogens (tertiary/aromatic N) is 6. The Morgan fingerprint density at radius 2 is 1.47 bits per heavy atom. The van der Waals surface area contributed by atoms with E-state index in [1.807, 2.05) is 54.6 Å². The molecule has 1 fully saturated rings. The molecular weight excluding hydrogens is 517 g/mol. The number of nitrogen functional groups attached to an aromatic ring is 1. The van der Waals surface area contributed by atoms with E-state index in [1.54, 1.807) is 4.68 Å². The molecule has 5 aromatic rings. The van der Waals surface area contributed by atoms with Crippen LogP contribution in [0.15, 0.2) is 78.9 Å². The Kier molecular flexibility index (Phi) is 6.89. The molecule has 0 aliphatic carbocycles. The highest BCUT2D eigenvalue weighted by molar-refractivity contribution is 6.31. The van der Waals surface area contributed by atoms with E-state index < -0.39 is 0 Å². The van der Waals surface area contributed by atoms with Gasteiger partial charge in [-0.3, -0.25) is 4.90 Å². The molecule has 0 atom stereocenters. The summed E-state index contributed by atoms with van der Waals surface area (Å²) in [4.78, 5) is 14.6. The summed E-state index contributed by atoms with van der Waals surface area (Å²) in [5.41, 5.74) is 11.2. The molecule has 0 bridgehead atoms. The second-order valence-corrected chi connectivity index (χ2v) is 10.4. The van der Waals surface area contributed by atoms with Crippen LogP contribution in [0.5, 0.6) is 0 Å². The van der Waals surface area contributed by atoms with E-state index in [9.17, 15) is 0 Å². The van der Waals surface area contributed by atoms with Gasteiger partial charge in [-0.15, -0.1) is 5.10 Å². The Labute approximate surface area is 231 Å². The minimum absolute atomic E-state index is 0.540.